The Kier molecular flexibility index (Phi) is 5.99. The Morgan fingerprint density at radius 1 is 0.880 bits per heavy atom. The number of hydrogen-bond donors (Lipinski definition) is 1. The number of hydrogen-bond acceptors (Lipinski definition) is 4. The molecule has 4 heteroatoms. The summed E-state index contributed by atoms with van der Waals surface area (Å²) in [5, 5.41) is 9.18. The van der Waals surface area contributed by atoms with Gasteiger partial charge in [-0.3, -0.25) is 0 Å². The molecule has 0 atom stereocenters. The molecule has 0 saturated carbocycles. The maximum atomic E-state index is 9.18. The van der Waals surface area contributed by atoms with Gasteiger partial charge in [-0.05, 0) is 48.4 Å². The van der Waals surface area contributed by atoms with Crippen molar-refractivity contribution >= 4 is 11.8 Å². The number of rotatable bonds is 3. The van der Waals surface area contributed by atoms with Crippen molar-refractivity contribution < 1.29 is 14.6 Å². The first kappa shape index (κ1) is 17.4. The molecule has 0 amide bonds. The third-order valence-electron chi connectivity index (χ3n) is 3.64. The number of aryl methyl sites for hydroxylation is 1. The van der Waals surface area contributed by atoms with Gasteiger partial charge in [0.25, 0.3) is 0 Å². The number of ether oxygens (including phenoxy) is 2. The van der Waals surface area contributed by atoms with Crippen molar-refractivity contribution in [1.82, 2.24) is 0 Å². The molecule has 0 saturated heterocycles. The molecular weight excluding hydrogens is 332 g/mol. The first-order valence-corrected chi connectivity index (χ1v) is 8.86. The van der Waals surface area contributed by atoms with E-state index in [-0.39, 0.29) is 6.61 Å². The Hall–Kier alpha value is -2.43. The molecule has 0 aromatic heterocycles. The zero-order chi connectivity index (χ0) is 17.5. The molecule has 1 heterocycles. The van der Waals surface area contributed by atoms with Crippen LogP contribution in [0.5, 0.6) is 11.5 Å². The van der Waals surface area contributed by atoms with E-state index < -0.39 is 0 Å². The largest absolute Gasteiger partial charge is 0.454 e. The van der Waals surface area contributed by atoms with E-state index in [2.05, 4.69) is 12.1 Å². The van der Waals surface area contributed by atoms with Crippen molar-refractivity contribution in [2.45, 2.75) is 23.3 Å². The van der Waals surface area contributed by atoms with Crippen molar-refractivity contribution in [1.29, 1.82) is 0 Å². The lowest BCUT2D eigenvalue weighted by Crippen LogP contribution is -1.92. The highest BCUT2D eigenvalue weighted by molar-refractivity contribution is 7.99. The van der Waals surface area contributed by atoms with E-state index >= 15 is 0 Å². The molecule has 0 fully saturated rings. The highest BCUT2D eigenvalue weighted by atomic mass is 32.2. The van der Waals surface area contributed by atoms with Crippen LogP contribution in [-0.4, -0.2) is 11.9 Å². The molecule has 0 spiro atoms. The summed E-state index contributed by atoms with van der Waals surface area (Å²) < 4.78 is 10.3. The molecule has 3 aromatic carbocycles. The zero-order valence-electron chi connectivity index (χ0n) is 14.0. The third-order valence-corrected chi connectivity index (χ3v) is 4.77. The van der Waals surface area contributed by atoms with Crippen molar-refractivity contribution in [3.05, 3.63) is 83.9 Å². The third kappa shape index (κ3) is 4.78. The average Bonchev–Trinajstić information content (AvgIpc) is 3.11. The fourth-order valence-corrected chi connectivity index (χ4v) is 3.31. The molecule has 3 aromatic rings. The molecule has 0 radical (unpaired) electrons. The van der Waals surface area contributed by atoms with Gasteiger partial charge < -0.3 is 14.6 Å². The second-order valence-electron chi connectivity index (χ2n) is 5.54. The molecule has 1 aliphatic heterocycles. The van der Waals surface area contributed by atoms with Crippen LogP contribution in [0.1, 0.15) is 11.1 Å². The van der Waals surface area contributed by atoms with E-state index in [1.807, 2.05) is 67.6 Å². The van der Waals surface area contributed by atoms with Crippen LogP contribution in [0, 0.1) is 6.92 Å². The second kappa shape index (κ2) is 8.60. The van der Waals surface area contributed by atoms with E-state index in [1.165, 1.54) is 10.5 Å². The van der Waals surface area contributed by atoms with Gasteiger partial charge in [-0.1, -0.05) is 54.2 Å². The van der Waals surface area contributed by atoms with E-state index in [0.29, 0.717) is 6.79 Å². The molecule has 3 nitrogen and oxygen atoms in total. The van der Waals surface area contributed by atoms with Crippen molar-refractivity contribution in [3.63, 3.8) is 0 Å². The monoisotopic (exact) mass is 352 g/mol. The lowest BCUT2D eigenvalue weighted by atomic mass is 10.2. The fourth-order valence-electron chi connectivity index (χ4n) is 2.35. The van der Waals surface area contributed by atoms with E-state index in [0.717, 1.165) is 22.0 Å². The minimum Gasteiger partial charge on any atom is -0.454 e. The molecule has 0 unspecified atom stereocenters. The lowest BCUT2D eigenvalue weighted by Gasteiger charge is -2.05. The number of fused-ring (bicyclic) bond motifs is 1. The molecule has 0 aliphatic carbocycles. The predicted octanol–water partition coefficient (Wildman–Crippen LogP) is 5.05. The quantitative estimate of drug-likeness (QED) is 0.715. The van der Waals surface area contributed by atoms with Gasteiger partial charge in [0.1, 0.15) is 0 Å². The van der Waals surface area contributed by atoms with Gasteiger partial charge in [0.15, 0.2) is 11.5 Å². The first-order chi connectivity index (χ1) is 12.3. The Bertz CT molecular complexity index is 818. The summed E-state index contributed by atoms with van der Waals surface area (Å²) in [5.74, 6) is 1.71. The average molecular weight is 352 g/mol. The van der Waals surface area contributed by atoms with E-state index in [1.54, 1.807) is 11.8 Å². The topological polar surface area (TPSA) is 38.7 Å². The maximum Gasteiger partial charge on any atom is 0.231 e. The van der Waals surface area contributed by atoms with Crippen LogP contribution < -0.4 is 9.47 Å². The first-order valence-electron chi connectivity index (χ1n) is 8.04. The molecule has 4 rings (SSSR count). The Morgan fingerprint density at radius 3 is 2.40 bits per heavy atom. The molecule has 25 heavy (non-hydrogen) atoms. The van der Waals surface area contributed by atoms with Gasteiger partial charge in [-0.25, -0.2) is 0 Å². The summed E-state index contributed by atoms with van der Waals surface area (Å²) >= 11 is 1.68. The van der Waals surface area contributed by atoms with Crippen LogP contribution in [0.4, 0.5) is 0 Å². The summed E-state index contributed by atoms with van der Waals surface area (Å²) in [7, 11) is 0. The maximum absolute atomic E-state index is 9.18. The number of aliphatic hydroxyl groups is 1. The van der Waals surface area contributed by atoms with Crippen LogP contribution in [-0.2, 0) is 6.61 Å². The summed E-state index contributed by atoms with van der Waals surface area (Å²) in [5.41, 5.74) is 2.18. The van der Waals surface area contributed by atoms with Crippen LogP contribution in [0.25, 0.3) is 0 Å². The van der Waals surface area contributed by atoms with Gasteiger partial charge >= 0.3 is 0 Å². The highest BCUT2D eigenvalue weighted by Crippen LogP contribution is 2.32. The Balaban J connectivity index is 0.000000157. The standard InChI is InChI=1S/C13H12OS.C8H8O2/c14-10-11-6-4-5-9-13(11)15-12-7-2-1-3-8-12;1-6-2-3-7-8(4-6)10-5-9-7/h1-9,14H,10H2;2-4H,5H2,1H3. The van der Waals surface area contributed by atoms with Crippen LogP contribution in [0.2, 0.25) is 0 Å². The van der Waals surface area contributed by atoms with Crippen LogP contribution in [0.15, 0.2) is 82.6 Å². The number of benzene rings is 3. The Labute approximate surface area is 152 Å². The van der Waals surface area contributed by atoms with Crippen molar-refractivity contribution in [2.24, 2.45) is 0 Å². The fraction of sp³-hybridized carbons (Fsp3) is 0.143. The number of aliphatic hydroxyl groups excluding tert-OH is 1. The van der Waals surface area contributed by atoms with Gasteiger partial charge in [0.2, 0.25) is 6.79 Å². The Morgan fingerprint density at radius 2 is 1.60 bits per heavy atom. The summed E-state index contributed by atoms with van der Waals surface area (Å²) in [4.78, 5) is 2.31. The SMILES string of the molecule is Cc1ccc2c(c1)OCO2.OCc1ccccc1Sc1ccccc1. The highest BCUT2D eigenvalue weighted by Gasteiger charge is 2.11. The second-order valence-corrected chi connectivity index (χ2v) is 6.65. The minimum atomic E-state index is 0.0933. The molecular formula is C21H20O3S. The summed E-state index contributed by atoms with van der Waals surface area (Å²) in [6.07, 6.45) is 0. The van der Waals surface area contributed by atoms with Gasteiger partial charge in [0, 0.05) is 9.79 Å². The summed E-state index contributed by atoms with van der Waals surface area (Å²) in [6.45, 7) is 2.48. The van der Waals surface area contributed by atoms with Crippen LogP contribution in [0.3, 0.4) is 0 Å². The van der Waals surface area contributed by atoms with E-state index in [4.69, 9.17) is 9.47 Å². The normalized spacial score (nSPS) is 11.6. The lowest BCUT2D eigenvalue weighted by molar-refractivity contribution is 0.174. The minimum absolute atomic E-state index is 0.0933. The smallest absolute Gasteiger partial charge is 0.231 e. The molecule has 128 valence electrons. The van der Waals surface area contributed by atoms with E-state index in [9.17, 15) is 5.11 Å². The van der Waals surface area contributed by atoms with Crippen LogP contribution >= 0.6 is 11.8 Å². The summed E-state index contributed by atoms with van der Waals surface area (Å²) in [6, 6.07) is 24.0. The van der Waals surface area contributed by atoms with Gasteiger partial charge in [0.05, 0.1) is 6.61 Å². The molecule has 1 aliphatic rings. The molecule has 0 bridgehead atoms. The predicted molar refractivity (Wildman–Crippen MR) is 100 cm³/mol. The molecule has 1 N–H and O–H groups in total. The van der Waals surface area contributed by atoms with Crippen molar-refractivity contribution in [3.8, 4) is 11.5 Å². The van der Waals surface area contributed by atoms with Gasteiger partial charge in [-0.15, -0.1) is 0 Å². The van der Waals surface area contributed by atoms with Crippen molar-refractivity contribution in [2.75, 3.05) is 6.79 Å². The van der Waals surface area contributed by atoms with Gasteiger partial charge in [-0.2, -0.15) is 0 Å². The zero-order valence-corrected chi connectivity index (χ0v) is 14.8.